The first-order chi connectivity index (χ1) is 4.22. The lowest BCUT2D eigenvalue weighted by molar-refractivity contribution is 0.358. The summed E-state index contributed by atoms with van der Waals surface area (Å²) in [4.78, 5) is 0. The zero-order valence-corrected chi connectivity index (χ0v) is 5.93. The largest absolute Gasteiger partial charge is 0.327 e. The van der Waals surface area contributed by atoms with E-state index in [9.17, 15) is 0 Å². The topological polar surface area (TPSA) is 52.0 Å². The summed E-state index contributed by atoms with van der Waals surface area (Å²) in [7, 11) is 0. The van der Waals surface area contributed by atoms with Crippen molar-refractivity contribution in [2.45, 2.75) is 32.2 Å². The molecule has 2 heteroatoms. The first-order valence-electron chi connectivity index (χ1n) is 3.58. The van der Waals surface area contributed by atoms with Crippen LogP contribution in [0.2, 0.25) is 0 Å². The lowest BCUT2D eigenvalue weighted by atomic mass is 9.83. The van der Waals surface area contributed by atoms with Crippen molar-refractivity contribution < 1.29 is 0 Å². The van der Waals surface area contributed by atoms with E-state index >= 15 is 0 Å². The Hall–Kier alpha value is -0.0800. The van der Waals surface area contributed by atoms with E-state index in [-0.39, 0.29) is 0 Å². The van der Waals surface area contributed by atoms with Crippen LogP contribution in [0.4, 0.5) is 0 Å². The van der Waals surface area contributed by atoms with Crippen molar-refractivity contribution in [3.8, 4) is 0 Å². The van der Waals surface area contributed by atoms with Gasteiger partial charge in [-0.15, -0.1) is 0 Å². The highest BCUT2D eigenvalue weighted by molar-refractivity contribution is 4.97. The number of nitrogens with two attached hydrogens (primary N) is 2. The highest BCUT2D eigenvalue weighted by Crippen LogP contribution is 2.25. The summed E-state index contributed by atoms with van der Waals surface area (Å²) in [5.41, 5.74) is 11.5. The van der Waals surface area contributed by atoms with Gasteiger partial charge in [0.1, 0.15) is 0 Å². The molecule has 1 fully saturated rings. The second-order valence-corrected chi connectivity index (χ2v) is 2.92. The van der Waals surface area contributed by atoms with Crippen LogP contribution in [-0.2, 0) is 0 Å². The number of rotatable bonds is 0. The average Bonchev–Trinajstić information content (AvgIpc) is 1.83. The highest BCUT2D eigenvalue weighted by atomic mass is 14.7. The van der Waals surface area contributed by atoms with Crippen molar-refractivity contribution in [3.05, 3.63) is 6.04 Å². The summed E-state index contributed by atoms with van der Waals surface area (Å²) in [6.07, 6.45) is 3.40. The molecule has 9 heavy (non-hydrogen) atoms. The molecule has 2 atom stereocenters. The Balaban J connectivity index is 2.41. The first kappa shape index (κ1) is 7.03. The maximum atomic E-state index is 5.77. The molecule has 0 heterocycles. The van der Waals surface area contributed by atoms with Crippen LogP contribution >= 0.6 is 0 Å². The average molecular weight is 127 g/mol. The summed E-state index contributed by atoms with van der Waals surface area (Å²) in [6.45, 7) is 2.11. The normalized spacial score (nSPS) is 39.0. The van der Waals surface area contributed by atoms with E-state index < -0.39 is 0 Å². The van der Waals surface area contributed by atoms with Crippen LogP contribution < -0.4 is 11.5 Å². The molecule has 0 aliphatic heterocycles. The van der Waals surface area contributed by atoms with E-state index in [1.54, 1.807) is 0 Å². The van der Waals surface area contributed by atoms with E-state index in [0.29, 0.717) is 12.0 Å². The molecule has 2 unspecified atom stereocenters. The predicted octanol–water partition coefficient (Wildman–Crippen LogP) is 0.624. The molecular weight excluding hydrogens is 112 g/mol. The standard InChI is InChI=1S/C7H15N2/c1-5-6(8)3-2-4-7(5)9/h5-6H,2-4,8-9H2,1H3. The van der Waals surface area contributed by atoms with Gasteiger partial charge in [0.15, 0.2) is 0 Å². The van der Waals surface area contributed by atoms with Crippen molar-refractivity contribution in [2.75, 3.05) is 0 Å². The van der Waals surface area contributed by atoms with Crippen molar-refractivity contribution in [1.29, 1.82) is 0 Å². The number of hydrogen-bond acceptors (Lipinski definition) is 2. The summed E-state index contributed by atoms with van der Waals surface area (Å²) < 4.78 is 0. The third-order valence-electron chi connectivity index (χ3n) is 2.23. The molecule has 0 aromatic rings. The van der Waals surface area contributed by atoms with E-state index in [2.05, 4.69) is 6.92 Å². The first-order valence-corrected chi connectivity index (χ1v) is 3.58. The zero-order chi connectivity index (χ0) is 6.85. The SMILES string of the molecule is CC1[C](N)CCCC1N. The van der Waals surface area contributed by atoms with Crippen LogP contribution in [0.1, 0.15) is 26.2 Å². The lowest BCUT2D eigenvalue weighted by Gasteiger charge is -2.30. The minimum absolute atomic E-state index is 0.318. The Kier molecular flexibility index (Phi) is 2.09. The highest BCUT2D eigenvalue weighted by Gasteiger charge is 2.24. The fourth-order valence-electron chi connectivity index (χ4n) is 1.29. The molecule has 2 nitrogen and oxygen atoms in total. The van der Waals surface area contributed by atoms with Crippen LogP contribution in [0, 0.1) is 12.0 Å². The molecule has 0 aromatic heterocycles. The third kappa shape index (κ3) is 1.43. The molecule has 1 saturated carbocycles. The van der Waals surface area contributed by atoms with Gasteiger partial charge in [0.25, 0.3) is 0 Å². The van der Waals surface area contributed by atoms with Gasteiger partial charge in [0.2, 0.25) is 0 Å². The van der Waals surface area contributed by atoms with Gasteiger partial charge in [-0.1, -0.05) is 6.92 Å². The van der Waals surface area contributed by atoms with Gasteiger partial charge in [0.05, 0.1) is 0 Å². The monoisotopic (exact) mass is 127 g/mol. The van der Waals surface area contributed by atoms with Gasteiger partial charge in [-0.25, -0.2) is 0 Å². The minimum Gasteiger partial charge on any atom is -0.327 e. The van der Waals surface area contributed by atoms with Gasteiger partial charge in [0, 0.05) is 12.1 Å². The van der Waals surface area contributed by atoms with Gasteiger partial charge >= 0.3 is 0 Å². The molecule has 0 aromatic carbocycles. The minimum atomic E-state index is 0.318. The van der Waals surface area contributed by atoms with Gasteiger partial charge in [-0.3, -0.25) is 0 Å². The summed E-state index contributed by atoms with van der Waals surface area (Å²) in [5.74, 6) is 0.443. The molecule has 1 aliphatic carbocycles. The van der Waals surface area contributed by atoms with Crippen molar-refractivity contribution in [1.82, 2.24) is 0 Å². The maximum Gasteiger partial charge on any atom is 0.0380 e. The Morgan fingerprint density at radius 2 is 2.22 bits per heavy atom. The molecule has 1 aliphatic rings. The van der Waals surface area contributed by atoms with Crippen LogP contribution in [0.15, 0.2) is 0 Å². The van der Waals surface area contributed by atoms with Crippen molar-refractivity contribution in [3.63, 3.8) is 0 Å². The lowest BCUT2D eigenvalue weighted by Crippen LogP contribution is -2.39. The molecule has 1 radical (unpaired) electrons. The Bertz CT molecular complexity index is 82.9. The van der Waals surface area contributed by atoms with E-state index in [4.69, 9.17) is 11.5 Å². The van der Waals surface area contributed by atoms with Crippen LogP contribution in [0.25, 0.3) is 0 Å². The molecule has 0 bridgehead atoms. The fourth-order valence-corrected chi connectivity index (χ4v) is 1.29. The predicted molar refractivity (Wildman–Crippen MR) is 38.4 cm³/mol. The summed E-state index contributed by atoms with van der Waals surface area (Å²) in [6, 6.07) is 1.41. The molecule has 0 amide bonds. The van der Waals surface area contributed by atoms with Crippen LogP contribution in [0.3, 0.4) is 0 Å². The van der Waals surface area contributed by atoms with E-state index in [1.807, 2.05) is 0 Å². The molecule has 1 rings (SSSR count). The van der Waals surface area contributed by atoms with E-state index in [0.717, 1.165) is 18.9 Å². The molecule has 4 N–H and O–H groups in total. The molecule has 0 saturated heterocycles. The maximum absolute atomic E-state index is 5.77. The summed E-state index contributed by atoms with van der Waals surface area (Å²) in [5, 5.41) is 0. The van der Waals surface area contributed by atoms with Gasteiger partial charge in [-0.2, -0.15) is 0 Å². The van der Waals surface area contributed by atoms with Crippen molar-refractivity contribution >= 4 is 0 Å². The van der Waals surface area contributed by atoms with Crippen LogP contribution in [0.5, 0.6) is 0 Å². The number of hydrogen-bond donors (Lipinski definition) is 2. The second kappa shape index (κ2) is 2.67. The fraction of sp³-hybridized carbons (Fsp3) is 0.857. The quantitative estimate of drug-likeness (QED) is 0.501. The molecular formula is C7H15N2. The van der Waals surface area contributed by atoms with Gasteiger partial charge in [-0.05, 0) is 25.2 Å². The second-order valence-electron chi connectivity index (χ2n) is 2.92. The van der Waals surface area contributed by atoms with Crippen LogP contribution in [-0.4, -0.2) is 6.04 Å². The Labute approximate surface area is 56.6 Å². The van der Waals surface area contributed by atoms with Crippen molar-refractivity contribution in [2.24, 2.45) is 17.4 Å². The summed E-state index contributed by atoms with van der Waals surface area (Å²) >= 11 is 0. The zero-order valence-electron chi connectivity index (χ0n) is 5.93. The van der Waals surface area contributed by atoms with E-state index in [1.165, 1.54) is 6.42 Å². The molecule has 0 spiro atoms. The smallest absolute Gasteiger partial charge is 0.0380 e. The Morgan fingerprint density at radius 3 is 2.67 bits per heavy atom. The Morgan fingerprint density at radius 1 is 1.56 bits per heavy atom. The molecule has 53 valence electrons. The third-order valence-corrected chi connectivity index (χ3v) is 2.23. The van der Waals surface area contributed by atoms with Gasteiger partial charge < -0.3 is 11.5 Å².